The number of benzene rings is 1. The number of hydrogen-bond acceptors (Lipinski definition) is 10. The lowest BCUT2D eigenvalue weighted by Gasteiger charge is -2.16. The minimum absolute atomic E-state index is 0.111. The number of fused-ring (bicyclic) bond motifs is 1. The zero-order valence-corrected chi connectivity index (χ0v) is 21.0. The molecule has 14 heteroatoms. The van der Waals surface area contributed by atoms with E-state index in [-0.39, 0.29) is 34.6 Å². The van der Waals surface area contributed by atoms with Crippen LogP contribution in [0.3, 0.4) is 0 Å². The van der Waals surface area contributed by atoms with Crippen LogP contribution in [0.5, 0.6) is 0 Å². The molecule has 0 bridgehead atoms. The van der Waals surface area contributed by atoms with Gasteiger partial charge in [-0.25, -0.2) is 18.4 Å². The molecule has 1 fully saturated rings. The van der Waals surface area contributed by atoms with Crippen molar-refractivity contribution in [2.45, 2.75) is 36.7 Å². The van der Waals surface area contributed by atoms with Crippen LogP contribution in [0.25, 0.3) is 11.2 Å². The standard InChI is InChI=1S/C21H26N6O6S2/c1-13-4-6-14(7-5-13)35(30,31)34-12-32-15-8-17(33-16(15)9-28)27-11-22-18-19(27)24-21(25-20(18)29)23-10-26(2)3/h4-7,10-11,15-17,28H,8-9,12H2,1-3H3,(H,24,25,29)/t15?,16-,17-/m1/s1. The van der Waals surface area contributed by atoms with E-state index in [1.165, 1.54) is 12.7 Å². The van der Waals surface area contributed by atoms with E-state index in [1.54, 1.807) is 47.8 Å². The average molecular weight is 523 g/mol. The number of H-pyrrole nitrogens is 1. The molecule has 0 radical (unpaired) electrons. The zero-order valence-electron chi connectivity index (χ0n) is 19.4. The fourth-order valence-electron chi connectivity index (χ4n) is 3.52. The summed E-state index contributed by atoms with van der Waals surface area (Å²) < 4.78 is 38.4. The van der Waals surface area contributed by atoms with Gasteiger partial charge in [-0.15, -0.1) is 0 Å². The molecule has 4 rings (SSSR count). The lowest BCUT2D eigenvalue weighted by atomic mass is 10.2. The maximum absolute atomic E-state index is 12.6. The van der Waals surface area contributed by atoms with Crippen molar-refractivity contribution in [3.8, 4) is 0 Å². The molecular weight excluding hydrogens is 496 g/mol. The van der Waals surface area contributed by atoms with Gasteiger partial charge in [0.15, 0.2) is 11.2 Å². The summed E-state index contributed by atoms with van der Waals surface area (Å²) in [5.74, 6) is -0.0282. The molecule has 3 aromatic rings. The van der Waals surface area contributed by atoms with Crippen molar-refractivity contribution in [3.05, 3.63) is 46.5 Å². The Morgan fingerprint density at radius 2 is 2.11 bits per heavy atom. The Morgan fingerprint density at radius 1 is 1.37 bits per heavy atom. The molecule has 0 saturated carbocycles. The molecule has 3 atom stereocenters. The molecule has 3 heterocycles. The van der Waals surface area contributed by atoms with Crippen molar-refractivity contribution in [1.29, 1.82) is 0 Å². The molecule has 1 aromatic carbocycles. The largest absolute Gasteiger partial charge is 0.394 e. The van der Waals surface area contributed by atoms with E-state index in [0.29, 0.717) is 17.2 Å². The van der Waals surface area contributed by atoms with Gasteiger partial charge in [0.05, 0.1) is 30.3 Å². The first-order valence-electron chi connectivity index (χ1n) is 10.7. The van der Waals surface area contributed by atoms with Gasteiger partial charge in [-0.1, -0.05) is 17.7 Å². The Kier molecular flexibility index (Phi) is 7.56. The minimum atomic E-state index is -3.59. The molecule has 2 aromatic heterocycles. The SMILES string of the molecule is Cc1ccc(S(=O)(=O)SCOC2C[C@H](n3cnc4c(=O)[nH]c(N=CN(C)C)nc43)O[C@@H]2CO)cc1. The summed E-state index contributed by atoms with van der Waals surface area (Å²) in [6, 6.07) is 6.58. The Hall–Kier alpha value is -2.78. The molecule has 188 valence electrons. The Labute approximate surface area is 205 Å². The molecule has 1 aliphatic rings. The van der Waals surface area contributed by atoms with Gasteiger partial charge in [0.2, 0.25) is 14.8 Å². The highest BCUT2D eigenvalue weighted by atomic mass is 33.1. The second-order valence-corrected chi connectivity index (χ2v) is 12.1. The number of aryl methyl sites for hydroxylation is 1. The van der Waals surface area contributed by atoms with Crippen LogP contribution in [0.1, 0.15) is 18.2 Å². The fraction of sp³-hybridized carbons (Fsp3) is 0.429. The van der Waals surface area contributed by atoms with Crippen LogP contribution in [0.2, 0.25) is 0 Å². The van der Waals surface area contributed by atoms with Crippen LogP contribution >= 0.6 is 10.8 Å². The van der Waals surface area contributed by atoms with Crippen molar-refractivity contribution in [1.82, 2.24) is 24.4 Å². The van der Waals surface area contributed by atoms with Crippen molar-refractivity contribution in [2.75, 3.05) is 26.6 Å². The summed E-state index contributed by atoms with van der Waals surface area (Å²) >= 11 is 0. The molecule has 1 aliphatic heterocycles. The van der Waals surface area contributed by atoms with Gasteiger partial charge in [-0.3, -0.25) is 14.3 Å². The number of nitrogens with one attached hydrogen (secondary N) is 1. The average Bonchev–Trinajstić information content (AvgIpc) is 3.42. The first-order chi connectivity index (χ1) is 16.7. The number of rotatable bonds is 9. The van der Waals surface area contributed by atoms with Crippen molar-refractivity contribution >= 4 is 43.1 Å². The number of aliphatic hydroxyl groups is 1. The smallest absolute Gasteiger partial charge is 0.280 e. The Balaban J connectivity index is 1.47. The normalized spacial score (nSPS) is 20.7. The lowest BCUT2D eigenvalue weighted by molar-refractivity contribution is -0.0532. The highest BCUT2D eigenvalue weighted by molar-refractivity contribution is 8.72. The molecule has 0 amide bonds. The van der Waals surface area contributed by atoms with Crippen LogP contribution in [-0.2, 0) is 18.3 Å². The van der Waals surface area contributed by atoms with Crippen molar-refractivity contribution in [3.63, 3.8) is 0 Å². The van der Waals surface area contributed by atoms with E-state index >= 15 is 0 Å². The summed E-state index contributed by atoms with van der Waals surface area (Å²) in [6.45, 7) is 1.56. The van der Waals surface area contributed by atoms with Crippen LogP contribution < -0.4 is 5.56 Å². The predicted octanol–water partition coefficient (Wildman–Crippen LogP) is 1.39. The highest BCUT2D eigenvalue weighted by Gasteiger charge is 2.38. The summed E-state index contributed by atoms with van der Waals surface area (Å²) in [7, 11) is 0.650. The number of aliphatic hydroxyl groups excluding tert-OH is 1. The number of aliphatic imine (C=N–C) groups is 1. The molecule has 1 saturated heterocycles. The minimum Gasteiger partial charge on any atom is -0.394 e. The molecule has 2 N–H and O–H groups in total. The van der Waals surface area contributed by atoms with Gasteiger partial charge in [0.1, 0.15) is 18.3 Å². The number of aromatic nitrogens is 4. The van der Waals surface area contributed by atoms with E-state index in [9.17, 15) is 18.3 Å². The maximum Gasteiger partial charge on any atom is 0.280 e. The van der Waals surface area contributed by atoms with Gasteiger partial charge in [0.25, 0.3) is 5.56 Å². The maximum atomic E-state index is 12.6. The van der Waals surface area contributed by atoms with Crippen molar-refractivity contribution in [2.24, 2.45) is 4.99 Å². The van der Waals surface area contributed by atoms with Gasteiger partial charge in [0, 0.05) is 31.3 Å². The number of nitrogens with zero attached hydrogens (tertiary/aromatic N) is 5. The Bertz CT molecular complexity index is 1370. The Morgan fingerprint density at radius 3 is 2.80 bits per heavy atom. The van der Waals surface area contributed by atoms with Crippen LogP contribution in [0.4, 0.5) is 5.95 Å². The third-order valence-electron chi connectivity index (χ3n) is 5.30. The topological polar surface area (TPSA) is 152 Å². The predicted molar refractivity (Wildman–Crippen MR) is 131 cm³/mol. The van der Waals surface area contributed by atoms with Crippen LogP contribution in [0.15, 0.2) is 45.3 Å². The van der Waals surface area contributed by atoms with Crippen molar-refractivity contribution < 1.29 is 23.0 Å². The first-order valence-corrected chi connectivity index (χ1v) is 13.7. The molecule has 1 unspecified atom stereocenters. The zero-order chi connectivity index (χ0) is 25.2. The molecule has 35 heavy (non-hydrogen) atoms. The lowest BCUT2D eigenvalue weighted by Crippen LogP contribution is -2.27. The van der Waals surface area contributed by atoms with Crippen LogP contribution in [0, 0.1) is 6.92 Å². The summed E-state index contributed by atoms with van der Waals surface area (Å²) in [6.07, 6.45) is 1.35. The number of ether oxygens (including phenoxy) is 2. The van der Waals surface area contributed by atoms with E-state index in [0.717, 1.165) is 5.56 Å². The van der Waals surface area contributed by atoms with Gasteiger partial charge >= 0.3 is 0 Å². The van der Waals surface area contributed by atoms with Gasteiger partial charge in [-0.2, -0.15) is 4.98 Å². The fourth-order valence-corrected chi connectivity index (χ4v) is 5.77. The summed E-state index contributed by atoms with van der Waals surface area (Å²) in [5.41, 5.74) is 0.924. The van der Waals surface area contributed by atoms with E-state index in [4.69, 9.17) is 9.47 Å². The first kappa shape index (κ1) is 25.3. The number of imidazole rings is 1. The highest BCUT2D eigenvalue weighted by Crippen LogP contribution is 2.33. The monoisotopic (exact) mass is 522 g/mol. The molecular formula is C21H26N6O6S2. The van der Waals surface area contributed by atoms with Gasteiger partial charge < -0.3 is 19.5 Å². The van der Waals surface area contributed by atoms with E-state index in [2.05, 4.69) is 19.9 Å². The van der Waals surface area contributed by atoms with Gasteiger partial charge in [-0.05, 0) is 19.1 Å². The van der Waals surface area contributed by atoms with E-state index in [1.807, 2.05) is 6.92 Å². The van der Waals surface area contributed by atoms with Crippen LogP contribution in [-0.4, -0.2) is 83.1 Å². The molecule has 0 aliphatic carbocycles. The third kappa shape index (κ3) is 5.73. The molecule has 12 nitrogen and oxygen atoms in total. The summed E-state index contributed by atoms with van der Waals surface area (Å²) in [5, 5.41) is 9.79. The second-order valence-electron chi connectivity index (χ2n) is 8.18. The second kappa shape index (κ2) is 10.5. The number of hydrogen-bond donors (Lipinski definition) is 2. The van der Waals surface area contributed by atoms with E-state index < -0.39 is 32.9 Å². The quantitative estimate of drug-likeness (QED) is 0.182. The third-order valence-corrected chi connectivity index (χ3v) is 8.49. The molecule has 0 spiro atoms. The number of aromatic amines is 1. The summed E-state index contributed by atoms with van der Waals surface area (Å²) in [4.78, 5) is 29.5.